The number of halogens is 1. The topological polar surface area (TPSA) is 98.8 Å². The highest BCUT2D eigenvalue weighted by Crippen LogP contribution is 2.27. The molecule has 0 saturated heterocycles. The Bertz CT molecular complexity index is 614. The molecule has 1 atom stereocenters. The van der Waals surface area contributed by atoms with E-state index < -0.39 is 4.92 Å². The maximum atomic E-state index is 10.9. The summed E-state index contributed by atoms with van der Waals surface area (Å²) in [6, 6.07) is 2.39. The molecule has 2 aromatic heterocycles. The first-order valence-electron chi connectivity index (χ1n) is 5.40. The molecule has 100 valence electrons. The normalized spacial score (nSPS) is 12.2. The number of hydrogen-bond donors (Lipinski definition) is 1. The van der Waals surface area contributed by atoms with E-state index in [1.54, 1.807) is 24.9 Å². The van der Waals surface area contributed by atoms with Crippen LogP contribution in [-0.4, -0.2) is 24.7 Å². The van der Waals surface area contributed by atoms with Gasteiger partial charge >= 0.3 is 5.69 Å². The Morgan fingerprint density at radius 3 is 2.84 bits per heavy atom. The maximum Gasteiger partial charge on any atom is 0.311 e. The first-order chi connectivity index (χ1) is 8.99. The van der Waals surface area contributed by atoms with E-state index in [9.17, 15) is 10.1 Å². The minimum absolute atomic E-state index is 0.105. The number of nitrogens with one attached hydrogen (secondary N) is 1. The number of anilines is 1. The molecule has 0 aliphatic carbocycles. The van der Waals surface area contributed by atoms with E-state index in [4.69, 9.17) is 11.6 Å². The summed E-state index contributed by atoms with van der Waals surface area (Å²) >= 11 is 5.75. The van der Waals surface area contributed by atoms with Crippen molar-refractivity contribution in [1.29, 1.82) is 0 Å². The van der Waals surface area contributed by atoms with Gasteiger partial charge in [-0.15, -0.1) is 10.2 Å². The first kappa shape index (κ1) is 13.2. The molecule has 0 spiro atoms. The number of nitrogens with zero attached hydrogens (tertiary/aromatic N) is 5. The average Bonchev–Trinajstić information content (AvgIpc) is 2.75. The third kappa shape index (κ3) is 2.79. The van der Waals surface area contributed by atoms with Crippen molar-refractivity contribution in [2.75, 3.05) is 5.32 Å². The lowest BCUT2D eigenvalue weighted by Crippen LogP contribution is -2.14. The van der Waals surface area contributed by atoms with E-state index in [0.717, 1.165) is 0 Å². The van der Waals surface area contributed by atoms with Gasteiger partial charge in [0.1, 0.15) is 11.5 Å². The molecule has 8 nitrogen and oxygen atoms in total. The van der Waals surface area contributed by atoms with Gasteiger partial charge < -0.3 is 9.88 Å². The fourth-order valence-electron chi connectivity index (χ4n) is 1.64. The molecule has 0 aliphatic heterocycles. The van der Waals surface area contributed by atoms with Crippen molar-refractivity contribution in [2.24, 2.45) is 7.05 Å². The summed E-state index contributed by atoms with van der Waals surface area (Å²) in [7, 11) is 1.79. The standard InChI is InChI=1S/C10H11ClN6O2/c1-6(10-15-12-5-16(10)2)13-9-7(17(18)19)3-4-8(11)14-9/h3-6H,1-2H3,(H,13,14). The minimum Gasteiger partial charge on any atom is -0.355 e. The van der Waals surface area contributed by atoms with Crippen LogP contribution in [0.2, 0.25) is 5.15 Å². The third-order valence-corrected chi connectivity index (χ3v) is 2.73. The van der Waals surface area contributed by atoms with E-state index in [0.29, 0.717) is 5.82 Å². The zero-order valence-corrected chi connectivity index (χ0v) is 11.0. The molecule has 0 saturated carbocycles. The van der Waals surface area contributed by atoms with Gasteiger partial charge in [0, 0.05) is 13.1 Å². The second-order valence-corrected chi connectivity index (χ2v) is 4.31. The molecule has 0 aromatic carbocycles. The van der Waals surface area contributed by atoms with Crippen LogP contribution in [0.1, 0.15) is 18.8 Å². The van der Waals surface area contributed by atoms with E-state index in [1.165, 1.54) is 12.1 Å². The van der Waals surface area contributed by atoms with Crippen molar-refractivity contribution < 1.29 is 4.92 Å². The average molecular weight is 283 g/mol. The highest BCUT2D eigenvalue weighted by molar-refractivity contribution is 6.29. The van der Waals surface area contributed by atoms with Gasteiger partial charge in [0.2, 0.25) is 5.82 Å². The molecule has 1 N–H and O–H groups in total. The predicted molar refractivity (Wildman–Crippen MR) is 68.9 cm³/mol. The highest BCUT2D eigenvalue weighted by Gasteiger charge is 2.20. The largest absolute Gasteiger partial charge is 0.355 e. The molecule has 2 aromatic rings. The SMILES string of the molecule is CC(Nc1nc(Cl)ccc1[N+](=O)[O-])c1nncn1C. The van der Waals surface area contributed by atoms with Gasteiger partial charge in [0.15, 0.2) is 5.82 Å². The smallest absolute Gasteiger partial charge is 0.311 e. The maximum absolute atomic E-state index is 10.9. The monoisotopic (exact) mass is 282 g/mol. The van der Waals surface area contributed by atoms with Gasteiger partial charge in [0.05, 0.1) is 11.0 Å². The summed E-state index contributed by atoms with van der Waals surface area (Å²) in [6.07, 6.45) is 1.55. The summed E-state index contributed by atoms with van der Waals surface area (Å²) in [4.78, 5) is 14.3. The Kier molecular flexibility index (Phi) is 3.61. The molecule has 2 heterocycles. The second-order valence-electron chi connectivity index (χ2n) is 3.92. The van der Waals surface area contributed by atoms with E-state index in [2.05, 4.69) is 20.5 Å². The number of nitro groups is 1. The molecule has 2 rings (SSSR count). The van der Waals surface area contributed by atoms with Crippen molar-refractivity contribution in [1.82, 2.24) is 19.7 Å². The molecule has 0 aliphatic rings. The molecular formula is C10H11ClN6O2. The van der Waals surface area contributed by atoms with Gasteiger partial charge in [-0.1, -0.05) is 11.6 Å². The van der Waals surface area contributed by atoms with Crippen LogP contribution in [0.25, 0.3) is 0 Å². The van der Waals surface area contributed by atoms with Crippen molar-refractivity contribution in [2.45, 2.75) is 13.0 Å². The van der Waals surface area contributed by atoms with Crippen molar-refractivity contribution >= 4 is 23.1 Å². The fourth-order valence-corrected chi connectivity index (χ4v) is 1.78. The van der Waals surface area contributed by atoms with Gasteiger partial charge in [0.25, 0.3) is 0 Å². The van der Waals surface area contributed by atoms with Gasteiger partial charge in [-0.3, -0.25) is 10.1 Å². The van der Waals surface area contributed by atoms with Crippen LogP contribution in [-0.2, 0) is 7.05 Å². The summed E-state index contributed by atoms with van der Waals surface area (Å²) in [5.74, 6) is 0.740. The molecule has 0 fully saturated rings. The Morgan fingerprint density at radius 2 is 2.26 bits per heavy atom. The Hall–Kier alpha value is -2.22. The van der Waals surface area contributed by atoms with Crippen LogP contribution >= 0.6 is 11.6 Å². The van der Waals surface area contributed by atoms with Crippen LogP contribution in [0, 0.1) is 10.1 Å². The van der Waals surface area contributed by atoms with Crippen molar-refractivity contribution in [3.8, 4) is 0 Å². The molecular weight excluding hydrogens is 272 g/mol. The number of aryl methyl sites for hydroxylation is 1. The van der Waals surface area contributed by atoms with Gasteiger partial charge in [-0.25, -0.2) is 4.98 Å². The molecule has 19 heavy (non-hydrogen) atoms. The van der Waals surface area contributed by atoms with Crippen molar-refractivity contribution in [3.63, 3.8) is 0 Å². The Morgan fingerprint density at radius 1 is 1.53 bits per heavy atom. The second kappa shape index (κ2) is 5.19. The van der Waals surface area contributed by atoms with Crippen LogP contribution in [0.4, 0.5) is 11.5 Å². The van der Waals surface area contributed by atoms with Gasteiger partial charge in [-0.05, 0) is 13.0 Å². The summed E-state index contributed by atoms with van der Waals surface area (Å²) < 4.78 is 1.72. The van der Waals surface area contributed by atoms with Crippen LogP contribution < -0.4 is 5.32 Å². The van der Waals surface area contributed by atoms with Crippen LogP contribution in [0.5, 0.6) is 0 Å². The Labute approximate surface area is 113 Å². The molecule has 1 unspecified atom stereocenters. The lowest BCUT2D eigenvalue weighted by molar-refractivity contribution is -0.384. The lowest BCUT2D eigenvalue weighted by Gasteiger charge is -2.13. The minimum atomic E-state index is -0.519. The Balaban J connectivity index is 2.30. The summed E-state index contributed by atoms with van der Waals surface area (Å²) in [5, 5.41) is 21.7. The zero-order chi connectivity index (χ0) is 14.0. The van der Waals surface area contributed by atoms with Gasteiger partial charge in [-0.2, -0.15) is 0 Å². The zero-order valence-electron chi connectivity index (χ0n) is 10.2. The van der Waals surface area contributed by atoms with E-state index in [-0.39, 0.29) is 22.7 Å². The summed E-state index contributed by atoms with van der Waals surface area (Å²) in [5.41, 5.74) is -0.140. The molecule has 0 amide bonds. The third-order valence-electron chi connectivity index (χ3n) is 2.52. The highest BCUT2D eigenvalue weighted by atomic mass is 35.5. The number of pyridine rings is 1. The first-order valence-corrected chi connectivity index (χ1v) is 5.78. The van der Waals surface area contributed by atoms with Crippen LogP contribution in [0.3, 0.4) is 0 Å². The molecule has 0 bridgehead atoms. The fraction of sp³-hybridized carbons (Fsp3) is 0.300. The van der Waals surface area contributed by atoms with E-state index in [1.807, 2.05) is 0 Å². The number of aromatic nitrogens is 4. The van der Waals surface area contributed by atoms with Crippen molar-refractivity contribution in [3.05, 3.63) is 39.6 Å². The predicted octanol–water partition coefficient (Wildman–Crippen LogP) is 1.94. The molecule has 0 radical (unpaired) electrons. The molecule has 9 heteroatoms. The number of hydrogen-bond acceptors (Lipinski definition) is 6. The van der Waals surface area contributed by atoms with Crippen LogP contribution in [0.15, 0.2) is 18.5 Å². The summed E-state index contributed by atoms with van der Waals surface area (Å²) in [6.45, 7) is 1.80. The number of rotatable bonds is 4. The quantitative estimate of drug-likeness (QED) is 0.523. The van der Waals surface area contributed by atoms with E-state index >= 15 is 0 Å². The lowest BCUT2D eigenvalue weighted by atomic mass is 10.3.